The van der Waals surface area contributed by atoms with Crippen LogP contribution in [0.4, 0.5) is 0 Å². The molecule has 1 fully saturated rings. The van der Waals surface area contributed by atoms with E-state index in [9.17, 15) is 13.2 Å². The Hall–Kier alpha value is -2.15. The predicted molar refractivity (Wildman–Crippen MR) is 90.1 cm³/mol. The van der Waals surface area contributed by atoms with Crippen LogP contribution in [0.15, 0.2) is 53.7 Å². The first kappa shape index (κ1) is 16.7. The molecule has 6 nitrogen and oxygen atoms in total. The van der Waals surface area contributed by atoms with Crippen LogP contribution in [0.25, 0.3) is 0 Å². The third-order valence-corrected chi connectivity index (χ3v) is 6.07. The molecule has 1 amide bonds. The fourth-order valence-corrected chi connectivity index (χ4v) is 4.34. The Kier molecular flexibility index (Phi) is 4.99. The van der Waals surface area contributed by atoms with Crippen LogP contribution in [0.3, 0.4) is 0 Å². The van der Waals surface area contributed by atoms with Gasteiger partial charge in [-0.25, -0.2) is 8.42 Å². The van der Waals surface area contributed by atoms with Gasteiger partial charge in [0.15, 0.2) is 9.84 Å². The monoisotopic (exact) mass is 347 g/mol. The second kappa shape index (κ2) is 7.17. The lowest BCUT2D eigenvalue weighted by Gasteiger charge is -2.24. The van der Waals surface area contributed by atoms with Crippen LogP contribution < -0.4 is 0 Å². The van der Waals surface area contributed by atoms with Gasteiger partial charge >= 0.3 is 0 Å². The van der Waals surface area contributed by atoms with E-state index in [1.54, 1.807) is 36.5 Å². The normalized spacial score (nSPS) is 18.0. The minimum Gasteiger partial charge on any atom is -0.338 e. The average Bonchev–Trinajstić information content (AvgIpc) is 3.26. The maximum Gasteiger partial charge on any atom is 0.223 e. The summed E-state index contributed by atoms with van der Waals surface area (Å²) in [5, 5.41) is 4.18. The van der Waals surface area contributed by atoms with E-state index in [0.717, 1.165) is 12.8 Å². The second-order valence-electron chi connectivity index (χ2n) is 5.99. The van der Waals surface area contributed by atoms with Gasteiger partial charge < -0.3 is 4.90 Å². The molecule has 24 heavy (non-hydrogen) atoms. The number of benzene rings is 1. The molecule has 3 rings (SSSR count). The van der Waals surface area contributed by atoms with E-state index in [1.807, 2.05) is 21.8 Å². The fourth-order valence-electron chi connectivity index (χ4n) is 3.09. The summed E-state index contributed by atoms with van der Waals surface area (Å²) in [7, 11) is -3.42. The maximum atomic E-state index is 12.5. The summed E-state index contributed by atoms with van der Waals surface area (Å²) in [6, 6.07) is 10.2. The van der Waals surface area contributed by atoms with Crippen LogP contribution in [-0.2, 0) is 21.2 Å². The van der Waals surface area contributed by atoms with E-state index in [0.29, 0.717) is 13.1 Å². The molecule has 1 aromatic heterocycles. The van der Waals surface area contributed by atoms with Crippen LogP contribution in [0, 0.1) is 0 Å². The minimum absolute atomic E-state index is 0.0207. The topological polar surface area (TPSA) is 72.3 Å². The Bertz CT molecular complexity index is 773. The maximum absolute atomic E-state index is 12.5. The average molecular weight is 347 g/mol. The second-order valence-corrected chi connectivity index (χ2v) is 8.10. The van der Waals surface area contributed by atoms with Crippen LogP contribution in [0.1, 0.15) is 19.3 Å². The van der Waals surface area contributed by atoms with E-state index in [1.165, 1.54) is 0 Å². The van der Waals surface area contributed by atoms with E-state index >= 15 is 0 Å². The van der Waals surface area contributed by atoms with Gasteiger partial charge in [-0.3, -0.25) is 9.48 Å². The standard InChI is InChI=1S/C17H21N3O3S/c21-17(9-13-24(22,23)16-7-2-1-3-8-16)20-12-4-6-15(20)14-19-11-5-10-18-19/h1-3,5,7-8,10-11,15H,4,6,9,12-14H2. The zero-order valence-electron chi connectivity index (χ0n) is 13.4. The van der Waals surface area contributed by atoms with Gasteiger partial charge in [0.05, 0.1) is 23.2 Å². The van der Waals surface area contributed by atoms with E-state index < -0.39 is 9.84 Å². The quantitative estimate of drug-likeness (QED) is 0.798. The lowest BCUT2D eigenvalue weighted by Crippen LogP contribution is -2.38. The zero-order valence-corrected chi connectivity index (χ0v) is 14.2. The van der Waals surface area contributed by atoms with Gasteiger partial charge in [0, 0.05) is 25.4 Å². The number of carbonyl (C=O) groups is 1. The molecule has 0 radical (unpaired) electrons. The highest BCUT2D eigenvalue weighted by Crippen LogP contribution is 2.20. The Balaban J connectivity index is 1.60. The minimum atomic E-state index is -3.42. The van der Waals surface area contributed by atoms with E-state index in [4.69, 9.17) is 0 Å². The number of likely N-dealkylation sites (tertiary alicyclic amines) is 1. The number of amides is 1. The molecule has 1 saturated heterocycles. The molecule has 0 spiro atoms. The highest BCUT2D eigenvalue weighted by molar-refractivity contribution is 7.91. The number of nitrogens with zero attached hydrogens (tertiary/aromatic N) is 3. The van der Waals surface area contributed by atoms with E-state index in [2.05, 4.69) is 5.10 Å². The number of hydrogen-bond donors (Lipinski definition) is 0. The molecule has 1 aliphatic heterocycles. The van der Waals surface area contributed by atoms with Crippen molar-refractivity contribution < 1.29 is 13.2 Å². The van der Waals surface area contributed by atoms with Gasteiger partial charge in [0.1, 0.15) is 0 Å². The molecule has 2 aromatic rings. The number of hydrogen-bond acceptors (Lipinski definition) is 4. The molecular formula is C17H21N3O3S. The first-order valence-corrected chi connectivity index (χ1v) is 9.76. The summed E-state index contributed by atoms with van der Waals surface area (Å²) in [5.41, 5.74) is 0. The highest BCUT2D eigenvalue weighted by atomic mass is 32.2. The molecule has 7 heteroatoms. The van der Waals surface area contributed by atoms with Crippen molar-refractivity contribution >= 4 is 15.7 Å². The van der Waals surface area contributed by atoms with Gasteiger partial charge in [-0.1, -0.05) is 18.2 Å². The largest absolute Gasteiger partial charge is 0.338 e. The summed E-state index contributed by atoms with van der Waals surface area (Å²) < 4.78 is 26.4. The van der Waals surface area contributed by atoms with Crippen molar-refractivity contribution in [1.82, 2.24) is 14.7 Å². The smallest absolute Gasteiger partial charge is 0.223 e. The molecule has 128 valence electrons. The number of rotatable bonds is 6. The molecule has 2 heterocycles. The molecule has 0 bridgehead atoms. The molecule has 0 N–H and O–H groups in total. The van der Waals surface area contributed by atoms with Crippen LogP contribution in [-0.4, -0.2) is 47.3 Å². The summed E-state index contributed by atoms with van der Waals surface area (Å²) in [5.74, 6) is -0.245. The molecule has 1 unspecified atom stereocenters. The first-order chi connectivity index (χ1) is 11.6. The van der Waals surface area contributed by atoms with E-state index in [-0.39, 0.29) is 29.0 Å². The lowest BCUT2D eigenvalue weighted by atomic mass is 10.2. The number of aromatic nitrogens is 2. The summed E-state index contributed by atoms with van der Waals surface area (Å²) in [6.45, 7) is 1.35. The van der Waals surface area contributed by atoms with Crippen LogP contribution in [0.2, 0.25) is 0 Å². The molecular weight excluding hydrogens is 326 g/mol. The van der Waals surface area contributed by atoms with Crippen molar-refractivity contribution in [1.29, 1.82) is 0 Å². The summed E-state index contributed by atoms with van der Waals surface area (Å²) in [6.07, 6.45) is 5.49. The molecule has 0 aliphatic carbocycles. The SMILES string of the molecule is O=C(CCS(=O)(=O)c1ccccc1)N1CCCC1Cn1cccn1. The third-order valence-electron chi connectivity index (χ3n) is 4.34. The number of carbonyl (C=O) groups excluding carboxylic acids is 1. The molecule has 1 aromatic carbocycles. The summed E-state index contributed by atoms with van der Waals surface area (Å²) in [4.78, 5) is 14.6. The molecule has 0 saturated carbocycles. The van der Waals surface area contributed by atoms with Crippen LogP contribution >= 0.6 is 0 Å². The Morgan fingerprint density at radius 2 is 2.00 bits per heavy atom. The third kappa shape index (κ3) is 3.84. The number of sulfone groups is 1. The predicted octanol–water partition coefficient (Wildman–Crippen LogP) is 1.74. The zero-order chi connectivity index (χ0) is 17.0. The van der Waals surface area contributed by atoms with Gasteiger partial charge in [-0.05, 0) is 31.0 Å². The van der Waals surface area contributed by atoms with Gasteiger partial charge in [0.25, 0.3) is 0 Å². The fraction of sp³-hybridized carbons (Fsp3) is 0.412. The van der Waals surface area contributed by atoms with Crippen molar-refractivity contribution in [2.24, 2.45) is 0 Å². The Labute approximate surface area is 142 Å². The Morgan fingerprint density at radius 1 is 1.21 bits per heavy atom. The highest BCUT2D eigenvalue weighted by Gasteiger charge is 2.29. The van der Waals surface area contributed by atoms with Gasteiger partial charge in [0.2, 0.25) is 5.91 Å². The van der Waals surface area contributed by atoms with Crippen LogP contribution in [0.5, 0.6) is 0 Å². The van der Waals surface area contributed by atoms with Gasteiger partial charge in [-0.15, -0.1) is 0 Å². The molecule has 1 atom stereocenters. The van der Waals surface area contributed by atoms with Gasteiger partial charge in [-0.2, -0.15) is 5.10 Å². The first-order valence-electron chi connectivity index (χ1n) is 8.11. The van der Waals surface area contributed by atoms with Crippen molar-refractivity contribution in [2.75, 3.05) is 12.3 Å². The van der Waals surface area contributed by atoms with Crippen molar-refractivity contribution in [3.8, 4) is 0 Å². The Morgan fingerprint density at radius 3 is 2.71 bits per heavy atom. The summed E-state index contributed by atoms with van der Waals surface area (Å²) >= 11 is 0. The van der Waals surface area contributed by atoms with Crippen molar-refractivity contribution in [3.63, 3.8) is 0 Å². The van der Waals surface area contributed by atoms with Crippen molar-refractivity contribution in [3.05, 3.63) is 48.8 Å². The lowest BCUT2D eigenvalue weighted by molar-refractivity contribution is -0.131. The van der Waals surface area contributed by atoms with Crippen molar-refractivity contribution in [2.45, 2.75) is 36.7 Å². The molecule has 1 aliphatic rings.